The molecule has 0 unspecified atom stereocenters. The number of rotatable bonds is 7. The number of benzene rings is 7. The van der Waals surface area contributed by atoms with Crippen molar-refractivity contribution in [3.63, 3.8) is 0 Å². The first-order chi connectivity index (χ1) is 27.2. The Bertz CT molecular complexity index is 2700. The normalized spacial score (nSPS) is 16.0. The van der Waals surface area contributed by atoms with E-state index in [4.69, 9.17) is 0 Å². The molecule has 1 atom stereocenters. The summed E-state index contributed by atoms with van der Waals surface area (Å²) in [7, 11) is 0. The average molecular weight is 703 g/mol. The zero-order valence-corrected chi connectivity index (χ0v) is 30.3. The Balaban J connectivity index is 1.03. The van der Waals surface area contributed by atoms with E-state index >= 15 is 0 Å². The molecule has 0 fully saturated rings. The first-order valence-corrected chi connectivity index (χ1v) is 18.7. The van der Waals surface area contributed by atoms with Crippen molar-refractivity contribution in [3.05, 3.63) is 236 Å². The van der Waals surface area contributed by atoms with Gasteiger partial charge in [-0.1, -0.05) is 164 Å². The SMILES string of the molecule is c1c(-c2ccc3ccccc3c2)ccc(N(c2ccc(-c3ccc(-c4ccc5ccccc5c4)cc3)cc2)c2ccc([C@H]3/C=C/C=C\C=C/C=C/N3)cc2)c#1. The molecule has 1 aliphatic heterocycles. The van der Waals surface area contributed by atoms with Gasteiger partial charge in [0.1, 0.15) is 0 Å². The molecule has 8 aromatic carbocycles. The fourth-order valence-corrected chi connectivity index (χ4v) is 7.23. The van der Waals surface area contributed by atoms with Gasteiger partial charge in [0.15, 0.2) is 0 Å². The molecular weight excluding hydrogens is 665 g/mol. The fraction of sp³-hybridized carbons (Fsp3) is 0.0189. The quantitative estimate of drug-likeness (QED) is 0.178. The molecule has 2 heteroatoms. The molecule has 0 aromatic heterocycles. The van der Waals surface area contributed by atoms with Crippen LogP contribution in [0, 0.1) is 12.1 Å². The smallest absolute Gasteiger partial charge is 0.0973 e. The molecule has 0 bridgehead atoms. The van der Waals surface area contributed by atoms with Crippen LogP contribution in [0.2, 0.25) is 0 Å². The van der Waals surface area contributed by atoms with Crippen LogP contribution in [0.25, 0.3) is 54.9 Å². The van der Waals surface area contributed by atoms with Crippen LogP contribution in [0.5, 0.6) is 0 Å². The molecule has 2 nitrogen and oxygen atoms in total. The first-order valence-electron chi connectivity index (χ1n) is 18.7. The van der Waals surface area contributed by atoms with E-state index in [1.165, 1.54) is 43.8 Å². The summed E-state index contributed by atoms with van der Waals surface area (Å²) in [5.41, 5.74) is 11.1. The number of nitrogens with one attached hydrogen (secondary N) is 1. The molecule has 1 heterocycles. The molecule has 0 radical (unpaired) electrons. The summed E-state index contributed by atoms with van der Waals surface area (Å²) in [4.78, 5) is 2.25. The van der Waals surface area contributed by atoms with E-state index in [0.29, 0.717) is 0 Å². The molecular formula is C53H38N2. The van der Waals surface area contributed by atoms with E-state index in [1.807, 2.05) is 30.5 Å². The van der Waals surface area contributed by atoms with Crippen molar-refractivity contribution >= 4 is 38.6 Å². The highest BCUT2D eigenvalue weighted by molar-refractivity contribution is 5.89. The lowest BCUT2D eigenvalue weighted by Crippen LogP contribution is -2.14. The number of hydrogen-bond donors (Lipinski definition) is 1. The number of nitrogens with zero attached hydrogens (tertiary/aromatic N) is 1. The number of anilines is 3. The van der Waals surface area contributed by atoms with Crippen LogP contribution in [-0.2, 0) is 0 Å². The third kappa shape index (κ3) is 7.33. The molecule has 0 aliphatic carbocycles. The monoisotopic (exact) mass is 702 g/mol. The molecule has 1 aliphatic rings. The highest BCUT2D eigenvalue weighted by Crippen LogP contribution is 2.37. The fourth-order valence-electron chi connectivity index (χ4n) is 7.23. The van der Waals surface area contributed by atoms with E-state index in [0.717, 1.165) is 33.8 Å². The highest BCUT2D eigenvalue weighted by atomic mass is 15.1. The van der Waals surface area contributed by atoms with Gasteiger partial charge in [-0.15, -0.1) is 0 Å². The van der Waals surface area contributed by atoms with Crippen molar-refractivity contribution in [1.82, 2.24) is 5.32 Å². The Morgan fingerprint density at radius 1 is 0.400 bits per heavy atom. The first kappa shape index (κ1) is 33.5. The predicted molar refractivity (Wildman–Crippen MR) is 233 cm³/mol. The predicted octanol–water partition coefficient (Wildman–Crippen LogP) is 13.9. The van der Waals surface area contributed by atoms with Gasteiger partial charge in [0, 0.05) is 16.9 Å². The topological polar surface area (TPSA) is 15.3 Å². The Morgan fingerprint density at radius 3 is 1.55 bits per heavy atom. The minimum atomic E-state index is 0.0444. The maximum atomic E-state index is 3.52. The maximum absolute atomic E-state index is 3.52. The number of fused-ring (bicyclic) bond motifs is 2. The van der Waals surface area contributed by atoms with Crippen LogP contribution in [-0.4, -0.2) is 0 Å². The summed E-state index contributed by atoms with van der Waals surface area (Å²) in [6, 6.07) is 68.0. The average Bonchev–Trinajstić information content (AvgIpc) is 3.26. The zero-order chi connectivity index (χ0) is 36.8. The molecule has 0 spiro atoms. The third-order valence-electron chi connectivity index (χ3n) is 10.2. The zero-order valence-electron chi connectivity index (χ0n) is 30.3. The Morgan fingerprint density at radius 2 is 0.909 bits per heavy atom. The molecule has 1 N–H and O–H groups in total. The summed E-state index contributed by atoms with van der Waals surface area (Å²) in [6.07, 6.45) is 16.4. The summed E-state index contributed by atoms with van der Waals surface area (Å²) in [5.74, 6) is 0. The summed E-state index contributed by atoms with van der Waals surface area (Å²) < 4.78 is 0. The lowest BCUT2D eigenvalue weighted by Gasteiger charge is -2.25. The molecule has 0 saturated heterocycles. The second kappa shape index (κ2) is 15.3. The van der Waals surface area contributed by atoms with Gasteiger partial charge in [-0.3, -0.25) is 0 Å². The van der Waals surface area contributed by atoms with Gasteiger partial charge in [-0.25, -0.2) is 0 Å². The largest absolute Gasteiger partial charge is 0.381 e. The van der Waals surface area contributed by atoms with Gasteiger partial charge >= 0.3 is 0 Å². The van der Waals surface area contributed by atoms with Gasteiger partial charge < -0.3 is 10.2 Å². The number of hydrogen-bond acceptors (Lipinski definition) is 2. The van der Waals surface area contributed by atoms with Crippen LogP contribution >= 0.6 is 0 Å². The van der Waals surface area contributed by atoms with E-state index in [9.17, 15) is 0 Å². The summed E-state index contributed by atoms with van der Waals surface area (Å²) in [5, 5.41) is 8.47. The molecule has 9 rings (SSSR count). The molecule has 0 saturated carbocycles. The van der Waals surface area contributed by atoms with Crippen molar-refractivity contribution in [2.75, 3.05) is 4.90 Å². The molecule has 55 heavy (non-hydrogen) atoms. The van der Waals surface area contributed by atoms with Crippen LogP contribution in [0.3, 0.4) is 0 Å². The Hall–Kier alpha value is -7.34. The second-order valence-electron chi connectivity index (χ2n) is 13.7. The standard InChI is InChI=1S/C53H38N2/c1-2-4-10-36-54-53(15-5-3-1)45-28-34-52(35-29-45)55(51-32-26-44(27-33-51)49-23-21-40-12-7-9-14-47(40)38-49)50-30-24-42(25-31-50)41-16-18-43(19-17-41)48-22-20-39-11-6-8-13-46(39)37-48/h1-26,28-32,34-38,53-54H/b3-1-,4-2-,15-5+,36-10+/t53-/m1/s1. The lowest BCUT2D eigenvalue weighted by atomic mass is 9.98. The van der Waals surface area contributed by atoms with E-state index in [1.54, 1.807) is 0 Å². The summed E-state index contributed by atoms with van der Waals surface area (Å²) in [6.45, 7) is 0. The lowest BCUT2D eigenvalue weighted by molar-refractivity contribution is 0.755. The minimum Gasteiger partial charge on any atom is -0.381 e. The van der Waals surface area contributed by atoms with Crippen molar-refractivity contribution < 1.29 is 0 Å². The molecule has 260 valence electrons. The van der Waals surface area contributed by atoms with Crippen molar-refractivity contribution in [3.8, 4) is 33.4 Å². The van der Waals surface area contributed by atoms with Crippen molar-refractivity contribution in [2.45, 2.75) is 6.04 Å². The van der Waals surface area contributed by atoms with Gasteiger partial charge in [0.2, 0.25) is 0 Å². The van der Waals surface area contributed by atoms with E-state index in [-0.39, 0.29) is 6.04 Å². The Labute approximate surface area is 323 Å². The van der Waals surface area contributed by atoms with Gasteiger partial charge in [-0.2, -0.15) is 0 Å². The molecule has 0 amide bonds. The van der Waals surface area contributed by atoms with Gasteiger partial charge in [0.05, 0.1) is 11.7 Å². The Kier molecular flexibility index (Phi) is 9.34. The van der Waals surface area contributed by atoms with E-state index in [2.05, 4.69) is 210 Å². The van der Waals surface area contributed by atoms with Crippen LogP contribution in [0.15, 0.2) is 219 Å². The highest BCUT2D eigenvalue weighted by Gasteiger charge is 2.15. The number of allylic oxidation sites excluding steroid dienone is 6. The summed E-state index contributed by atoms with van der Waals surface area (Å²) >= 11 is 0. The van der Waals surface area contributed by atoms with Crippen molar-refractivity contribution in [1.29, 1.82) is 0 Å². The molecule has 8 aromatic rings. The second-order valence-corrected chi connectivity index (χ2v) is 13.7. The van der Waals surface area contributed by atoms with Crippen molar-refractivity contribution in [2.24, 2.45) is 0 Å². The van der Waals surface area contributed by atoms with Crippen LogP contribution in [0.1, 0.15) is 11.6 Å². The van der Waals surface area contributed by atoms with E-state index < -0.39 is 0 Å². The minimum absolute atomic E-state index is 0.0444. The van der Waals surface area contributed by atoms with Gasteiger partial charge in [0.25, 0.3) is 0 Å². The van der Waals surface area contributed by atoms with Crippen LogP contribution in [0.4, 0.5) is 17.1 Å². The van der Waals surface area contributed by atoms with Gasteiger partial charge in [-0.05, 0) is 122 Å². The third-order valence-corrected chi connectivity index (χ3v) is 10.2. The van der Waals surface area contributed by atoms with Crippen LogP contribution < -0.4 is 10.2 Å². The maximum Gasteiger partial charge on any atom is 0.0973 e.